The molecule has 33 heavy (non-hydrogen) atoms. The van der Waals surface area contributed by atoms with E-state index in [0.717, 1.165) is 29.5 Å². The molecular formula is C25H30N4O3S. The van der Waals surface area contributed by atoms with Gasteiger partial charge in [0.2, 0.25) is 11.9 Å². The van der Waals surface area contributed by atoms with Gasteiger partial charge in [-0.2, -0.15) is 0 Å². The number of nitrogens with one attached hydrogen (secondary N) is 2. The van der Waals surface area contributed by atoms with Gasteiger partial charge in [0.15, 0.2) is 0 Å². The smallest absolute Gasteiger partial charge is 0.264 e. The van der Waals surface area contributed by atoms with Gasteiger partial charge >= 0.3 is 0 Å². The summed E-state index contributed by atoms with van der Waals surface area (Å²) in [6.45, 7) is 6.21. The number of carbonyl (C=O) groups excluding carboxylic acids is 1. The van der Waals surface area contributed by atoms with Crippen LogP contribution in [0.5, 0.6) is 0 Å². The van der Waals surface area contributed by atoms with E-state index in [0.29, 0.717) is 5.92 Å². The van der Waals surface area contributed by atoms with E-state index in [-0.39, 0.29) is 29.2 Å². The average Bonchev–Trinajstić information content (AvgIpc) is 2.79. The van der Waals surface area contributed by atoms with Gasteiger partial charge in [0.25, 0.3) is 10.0 Å². The first-order valence-corrected chi connectivity index (χ1v) is 12.5. The van der Waals surface area contributed by atoms with Crippen LogP contribution in [-0.4, -0.2) is 24.3 Å². The molecule has 174 valence electrons. The van der Waals surface area contributed by atoms with Gasteiger partial charge in [-0.25, -0.2) is 23.1 Å². The SMILES string of the molecule is CCC(NC(=O)Cc1ccc(S(=O)(=O)Nc2ncc(CC(C)C)cn2)cc1)c1ccccc1. The predicted molar refractivity (Wildman–Crippen MR) is 129 cm³/mol. The van der Waals surface area contributed by atoms with Gasteiger partial charge in [-0.05, 0) is 47.6 Å². The summed E-state index contributed by atoms with van der Waals surface area (Å²) >= 11 is 0. The Balaban J connectivity index is 1.61. The monoisotopic (exact) mass is 466 g/mol. The number of amides is 1. The second-order valence-electron chi connectivity index (χ2n) is 8.38. The number of hydrogen-bond acceptors (Lipinski definition) is 5. The van der Waals surface area contributed by atoms with Crippen LogP contribution in [0.1, 0.15) is 49.9 Å². The lowest BCUT2D eigenvalue weighted by atomic mass is 10.0. The highest BCUT2D eigenvalue weighted by molar-refractivity contribution is 7.92. The molecule has 0 aliphatic carbocycles. The van der Waals surface area contributed by atoms with E-state index in [9.17, 15) is 13.2 Å². The molecule has 3 aromatic rings. The van der Waals surface area contributed by atoms with E-state index in [1.807, 2.05) is 37.3 Å². The highest BCUT2D eigenvalue weighted by atomic mass is 32.2. The number of aromatic nitrogens is 2. The quantitative estimate of drug-likeness (QED) is 0.464. The van der Waals surface area contributed by atoms with Crippen LogP contribution in [0.4, 0.5) is 5.95 Å². The first-order chi connectivity index (χ1) is 15.8. The van der Waals surface area contributed by atoms with Gasteiger partial charge in [0.1, 0.15) is 0 Å². The summed E-state index contributed by atoms with van der Waals surface area (Å²) in [7, 11) is -3.83. The molecule has 0 bridgehead atoms. The number of carbonyl (C=O) groups is 1. The largest absolute Gasteiger partial charge is 0.349 e. The number of sulfonamides is 1. The third-order valence-electron chi connectivity index (χ3n) is 5.12. The van der Waals surface area contributed by atoms with Crippen LogP contribution in [0.25, 0.3) is 0 Å². The lowest BCUT2D eigenvalue weighted by Gasteiger charge is -2.17. The van der Waals surface area contributed by atoms with Crippen molar-refractivity contribution in [3.63, 3.8) is 0 Å². The molecule has 2 N–H and O–H groups in total. The maximum Gasteiger partial charge on any atom is 0.264 e. The molecule has 0 saturated carbocycles. The maximum atomic E-state index is 12.7. The van der Waals surface area contributed by atoms with E-state index < -0.39 is 10.0 Å². The molecule has 2 aromatic carbocycles. The number of anilines is 1. The Morgan fingerprint density at radius 1 is 0.939 bits per heavy atom. The van der Waals surface area contributed by atoms with Crippen LogP contribution in [0.15, 0.2) is 71.9 Å². The van der Waals surface area contributed by atoms with Crippen LogP contribution >= 0.6 is 0 Å². The summed E-state index contributed by atoms with van der Waals surface area (Å²) in [6, 6.07) is 16.0. The number of benzene rings is 2. The zero-order valence-corrected chi connectivity index (χ0v) is 20.0. The van der Waals surface area contributed by atoms with Crippen molar-refractivity contribution in [1.29, 1.82) is 0 Å². The van der Waals surface area contributed by atoms with Gasteiger partial charge < -0.3 is 5.32 Å². The van der Waals surface area contributed by atoms with E-state index >= 15 is 0 Å². The van der Waals surface area contributed by atoms with Crippen molar-refractivity contribution in [3.8, 4) is 0 Å². The Hall–Kier alpha value is -3.26. The molecule has 8 heteroatoms. The third-order valence-corrected chi connectivity index (χ3v) is 6.46. The van der Waals surface area contributed by atoms with Crippen LogP contribution in [0.3, 0.4) is 0 Å². The fourth-order valence-corrected chi connectivity index (χ4v) is 4.45. The fourth-order valence-electron chi connectivity index (χ4n) is 3.49. The van der Waals surface area contributed by atoms with Crippen molar-refractivity contribution in [2.24, 2.45) is 5.92 Å². The average molecular weight is 467 g/mol. The molecule has 0 aliphatic heterocycles. The first-order valence-electron chi connectivity index (χ1n) is 11.0. The molecule has 3 rings (SSSR count). The maximum absolute atomic E-state index is 12.7. The number of hydrogen-bond donors (Lipinski definition) is 2. The molecule has 1 aromatic heterocycles. The van der Waals surface area contributed by atoms with Gasteiger partial charge in [-0.3, -0.25) is 4.79 Å². The number of nitrogens with zero attached hydrogens (tertiary/aromatic N) is 2. The highest BCUT2D eigenvalue weighted by Crippen LogP contribution is 2.18. The summed E-state index contributed by atoms with van der Waals surface area (Å²) in [5.41, 5.74) is 2.73. The first kappa shape index (κ1) is 24.4. The Labute approximate surface area is 195 Å². The minimum absolute atomic E-state index is 0.0254. The summed E-state index contributed by atoms with van der Waals surface area (Å²) in [4.78, 5) is 20.8. The summed E-state index contributed by atoms with van der Waals surface area (Å²) < 4.78 is 27.7. The summed E-state index contributed by atoms with van der Waals surface area (Å²) in [5, 5.41) is 3.04. The number of rotatable bonds is 10. The zero-order chi connectivity index (χ0) is 23.8. The highest BCUT2D eigenvalue weighted by Gasteiger charge is 2.17. The minimum atomic E-state index is -3.83. The van der Waals surface area contributed by atoms with E-state index in [1.165, 1.54) is 12.1 Å². The Kier molecular flexibility index (Phi) is 8.16. The molecule has 0 spiro atoms. The van der Waals surface area contributed by atoms with Crippen molar-refractivity contribution < 1.29 is 13.2 Å². The minimum Gasteiger partial charge on any atom is -0.349 e. The summed E-state index contributed by atoms with van der Waals surface area (Å²) in [6.07, 6.45) is 5.03. The van der Waals surface area contributed by atoms with Crippen molar-refractivity contribution in [2.45, 2.75) is 51.0 Å². The zero-order valence-electron chi connectivity index (χ0n) is 19.2. The van der Waals surface area contributed by atoms with Gasteiger partial charge in [0, 0.05) is 12.4 Å². The van der Waals surface area contributed by atoms with Crippen molar-refractivity contribution in [2.75, 3.05) is 4.72 Å². The van der Waals surface area contributed by atoms with E-state index in [1.54, 1.807) is 24.5 Å². The van der Waals surface area contributed by atoms with Crippen molar-refractivity contribution in [1.82, 2.24) is 15.3 Å². The van der Waals surface area contributed by atoms with Crippen LogP contribution in [-0.2, 0) is 27.7 Å². The van der Waals surface area contributed by atoms with E-state index in [4.69, 9.17) is 0 Å². The van der Waals surface area contributed by atoms with Crippen molar-refractivity contribution in [3.05, 3.63) is 83.7 Å². The molecule has 1 heterocycles. The third kappa shape index (κ3) is 7.12. The standard InChI is InChI=1S/C25H30N4O3S/c1-4-23(21-8-6-5-7-9-21)28-24(30)15-19-10-12-22(13-11-19)33(31,32)29-25-26-16-20(17-27-25)14-18(2)3/h5-13,16-18,23H,4,14-15H2,1-3H3,(H,28,30)(H,26,27,29). The summed E-state index contributed by atoms with van der Waals surface area (Å²) in [5.74, 6) is 0.370. The Morgan fingerprint density at radius 3 is 2.15 bits per heavy atom. The molecule has 7 nitrogen and oxygen atoms in total. The predicted octanol–water partition coefficient (Wildman–Crippen LogP) is 4.29. The fraction of sp³-hybridized carbons (Fsp3) is 0.320. The lowest BCUT2D eigenvalue weighted by Crippen LogP contribution is -2.29. The molecule has 0 aliphatic rings. The molecule has 0 fully saturated rings. The Bertz CT molecular complexity index is 1150. The van der Waals surface area contributed by atoms with Gasteiger partial charge in [-0.1, -0.05) is 63.2 Å². The molecule has 1 unspecified atom stereocenters. The topological polar surface area (TPSA) is 101 Å². The van der Waals surface area contributed by atoms with E-state index in [2.05, 4.69) is 33.9 Å². The second-order valence-corrected chi connectivity index (χ2v) is 10.1. The van der Waals surface area contributed by atoms with Crippen LogP contribution in [0, 0.1) is 5.92 Å². The van der Waals surface area contributed by atoms with Crippen molar-refractivity contribution >= 4 is 21.9 Å². The second kappa shape index (κ2) is 11.0. The Morgan fingerprint density at radius 2 is 1.58 bits per heavy atom. The molecule has 0 radical (unpaired) electrons. The molecule has 1 atom stereocenters. The molecule has 0 saturated heterocycles. The van der Waals surface area contributed by atoms with Gasteiger partial charge in [0.05, 0.1) is 17.4 Å². The lowest BCUT2D eigenvalue weighted by molar-refractivity contribution is -0.121. The molecule has 1 amide bonds. The van der Waals surface area contributed by atoms with Crippen LogP contribution in [0.2, 0.25) is 0 Å². The van der Waals surface area contributed by atoms with Gasteiger partial charge in [-0.15, -0.1) is 0 Å². The van der Waals surface area contributed by atoms with Crippen LogP contribution < -0.4 is 10.0 Å². The normalized spacial score (nSPS) is 12.4. The molecular weight excluding hydrogens is 436 g/mol.